The van der Waals surface area contributed by atoms with Gasteiger partial charge in [0.1, 0.15) is 11.6 Å². The van der Waals surface area contributed by atoms with E-state index in [-0.39, 0.29) is 17.4 Å². The quantitative estimate of drug-likeness (QED) is 0.436. The number of thioether (sulfide) groups is 1. The van der Waals surface area contributed by atoms with Gasteiger partial charge in [0.15, 0.2) is 11.6 Å². The van der Waals surface area contributed by atoms with Crippen LogP contribution in [-0.4, -0.2) is 37.0 Å². The van der Waals surface area contributed by atoms with Gasteiger partial charge in [-0.05, 0) is 57.0 Å². The van der Waals surface area contributed by atoms with Gasteiger partial charge in [-0.1, -0.05) is 30.0 Å². The lowest BCUT2D eigenvalue weighted by atomic mass is 10.0. The molecular weight excluding hydrogens is 391 g/mol. The summed E-state index contributed by atoms with van der Waals surface area (Å²) in [5, 5.41) is 6.94. The molecule has 3 aromatic rings. The fourth-order valence-corrected chi connectivity index (χ4v) is 3.86. The molecule has 1 unspecified atom stereocenters. The average molecular weight is 412 g/mol. The number of Topliss-reactive ketones (excluding diaryl/α,β-unsaturated/α-hetero) is 2. The van der Waals surface area contributed by atoms with E-state index in [4.69, 9.17) is 0 Å². The Kier molecular flexibility index (Phi) is 6.12. The highest BCUT2D eigenvalue weighted by Crippen LogP contribution is 2.26. The fraction of sp³-hybridized carbons (Fsp3) is 0.238. The molecule has 0 saturated heterocycles. The van der Waals surface area contributed by atoms with Gasteiger partial charge in [-0.3, -0.25) is 14.7 Å². The van der Waals surface area contributed by atoms with Gasteiger partial charge in [0.05, 0.1) is 10.9 Å². The lowest BCUT2D eigenvalue weighted by molar-refractivity contribution is 0.0988. The lowest BCUT2D eigenvalue weighted by Gasteiger charge is -2.07. The molecule has 0 spiro atoms. The zero-order valence-corrected chi connectivity index (χ0v) is 17.4. The molecule has 3 rings (SSSR count). The van der Waals surface area contributed by atoms with Crippen LogP contribution in [0.3, 0.4) is 0 Å². The van der Waals surface area contributed by atoms with E-state index >= 15 is 0 Å². The van der Waals surface area contributed by atoms with Crippen molar-refractivity contribution >= 4 is 35.5 Å². The van der Waals surface area contributed by atoms with E-state index in [1.165, 1.54) is 30.8 Å². The van der Waals surface area contributed by atoms with Crippen molar-refractivity contribution in [2.75, 3.05) is 0 Å². The van der Waals surface area contributed by atoms with E-state index in [1.807, 2.05) is 0 Å². The standard InChI is InChI=1S/C21H21FN4O2S/c1-11-18(13(3)27)12(2)23-19(11)20(28)14(4)29-21-24-17(25-26-21)10-7-15-5-8-16(22)9-6-15/h5-10,14,23H,1-4H3,(H,24,25,26)/b10-7+. The molecular formula is C21H21FN4O2S. The smallest absolute Gasteiger partial charge is 0.209 e. The molecule has 0 bridgehead atoms. The van der Waals surface area contributed by atoms with Gasteiger partial charge in [0.25, 0.3) is 0 Å². The molecule has 0 amide bonds. The monoisotopic (exact) mass is 412 g/mol. The molecule has 0 radical (unpaired) electrons. The first-order chi connectivity index (χ1) is 13.8. The van der Waals surface area contributed by atoms with Crippen molar-refractivity contribution in [3.05, 3.63) is 64.0 Å². The van der Waals surface area contributed by atoms with Gasteiger partial charge in [0, 0.05) is 11.3 Å². The summed E-state index contributed by atoms with van der Waals surface area (Å²) in [5.74, 6) is 0.0581. The summed E-state index contributed by atoms with van der Waals surface area (Å²) in [6.45, 7) is 6.83. The summed E-state index contributed by atoms with van der Waals surface area (Å²) in [6.07, 6.45) is 3.52. The first-order valence-corrected chi connectivity index (χ1v) is 9.91. The molecule has 0 aliphatic rings. The number of benzene rings is 1. The van der Waals surface area contributed by atoms with E-state index in [0.29, 0.717) is 33.5 Å². The van der Waals surface area contributed by atoms with Crippen molar-refractivity contribution in [1.29, 1.82) is 0 Å². The zero-order valence-electron chi connectivity index (χ0n) is 16.5. The van der Waals surface area contributed by atoms with Gasteiger partial charge >= 0.3 is 0 Å². The van der Waals surface area contributed by atoms with Crippen LogP contribution in [0.25, 0.3) is 12.2 Å². The van der Waals surface area contributed by atoms with E-state index in [0.717, 1.165) is 5.56 Å². The molecule has 2 N–H and O–H groups in total. The number of aromatic nitrogens is 4. The summed E-state index contributed by atoms with van der Waals surface area (Å²) >= 11 is 1.23. The maximum absolute atomic E-state index is 12.9. The highest BCUT2D eigenvalue weighted by atomic mass is 32.2. The second-order valence-corrected chi connectivity index (χ2v) is 8.00. The SMILES string of the molecule is CC(=O)c1c(C)[nH]c(C(=O)C(C)Sc2n[nH]c(/C=C/c3ccc(F)cc3)n2)c1C. The molecule has 1 atom stereocenters. The minimum absolute atomic E-state index is 0.0674. The predicted octanol–water partition coefficient (Wildman–Crippen LogP) is 4.63. The van der Waals surface area contributed by atoms with Gasteiger partial charge in [0.2, 0.25) is 5.16 Å². The highest BCUT2D eigenvalue weighted by Gasteiger charge is 2.25. The van der Waals surface area contributed by atoms with Crippen molar-refractivity contribution < 1.29 is 14.0 Å². The van der Waals surface area contributed by atoms with Crippen molar-refractivity contribution in [3.8, 4) is 0 Å². The third kappa shape index (κ3) is 4.71. The number of aryl methyl sites for hydroxylation is 1. The maximum atomic E-state index is 12.9. The first kappa shape index (κ1) is 20.7. The molecule has 8 heteroatoms. The number of rotatable bonds is 7. The summed E-state index contributed by atoms with van der Waals surface area (Å²) in [7, 11) is 0. The predicted molar refractivity (Wildman–Crippen MR) is 112 cm³/mol. The minimum Gasteiger partial charge on any atom is -0.355 e. The summed E-state index contributed by atoms with van der Waals surface area (Å²) in [4.78, 5) is 32.0. The lowest BCUT2D eigenvalue weighted by Crippen LogP contribution is -2.15. The third-order valence-electron chi connectivity index (χ3n) is 4.47. The van der Waals surface area contributed by atoms with E-state index in [2.05, 4.69) is 20.2 Å². The Balaban J connectivity index is 1.69. The number of halogens is 1. The van der Waals surface area contributed by atoms with Crippen LogP contribution in [0.15, 0.2) is 29.4 Å². The Bertz CT molecular complexity index is 1080. The van der Waals surface area contributed by atoms with Crippen LogP contribution >= 0.6 is 11.8 Å². The zero-order chi connectivity index (χ0) is 21.1. The summed E-state index contributed by atoms with van der Waals surface area (Å²) in [6, 6.07) is 6.09. The van der Waals surface area contributed by atoms with Crippen molar-refractivity contribution in [2.45, 2.75) is 38.1 Å². The summed E-state index contributed by atoms with van der Waals surface area (Å²) < 4.78 is 12.9. The van der Waals surface area contributed by atoms with Crippen LogP contribution in [-0.2, 0) is 0 Å². The van der Waals surface area contributed by atoms with Crippen molar-refractivity contribution in [1.82, 2.24) is 20.2 Å². The maximum Gasteiger partial charge on any atom is 0.209 e. The van der Waals surface area contributed by atoms with Gasteiger partial charge in [-0.2, -0.15) is 0 Å². The van der Waals surface area contributed by atoms with E-state index < -0.39 is 5.25 Å². The average Bonchev–Trinajstić information content (AvgIpc) is 3.24. The first-order valence-electron chi connectivity index (χ1n) is 9.03. The van der Waals surface area contributed by atoms with E-state index in [9.17, 15) is 14.0 Å². The largest absolute Gasteiger partial charge is 0.355 e. The molecule has 1 aromatic carbocycles. The van der Waals surface area contributed by atoms with Crippen LogP contribution in [0.2, 0.25) is 0 Å². The number of nitrogens with zero attached hydrogens (tertiary/aromatic N) is 2. The van der Waals surface area contributed by atoms with Crippen molar-refractivity contribution in [3.63, 3.8) is 0 Å². The summed E-state index contributed by atoms with van der Waals surface area (Å²) in [5.41, 5.74) is 3.21. The Hall–Kier alpha value is -3.00. The van der Waals surface area contributed by atoms with Crippen LogP contribution in [0.4, 0.5) is 4.39 Å². The second-order valence-electron chi connectivity index (χ2n) is 6.69. The molecule has 150 valence electrons. The fourth-order valence-electron chi connectivity index (χ4n) is 3.07. The highest BCUT2D eigenvalue weighted by molar-refractivity contribution is 8.00. The number of nitrogens with one attached hydrogen (secondary N) is 2. The van der Waals surface area contributed by atoms with E-state index in [1.54, 1.807) is 45.1 Å². The molecule has 0 fully saturated rings. The van der Waals surface area contributed by atoms with Crippen LogP contribution in [0.1, 0.15) is 57.3 Å². The Labute approximate surface area is 172 Å². The second kappa shape index (κ2) is 8.57. The molecule has 6 nitrogen and oxygen atoms in total. The van der Waals surface area contributed by atoms with Crippen LogP contribution in [0.5, 0.6) is 0 Å². The Morgan fingerprint density at radius 2 is 1.86 bits per heavy atom. The minimum atomic E-state index is -0.434. The Morgan fingerprint density at radius 1 is 1.17 bits per heavy atom. The number of carbonyl (C=O) groups excluding carboxylic acids is 2. The van der Waals surface area contributed by atoms with Gasteiger partial charge < -0.3 is 4.98 Å². The number of H-pyrrole nitrogens is 2. The molecule has 0 aliphatic carbocycles. The number of ketones is 2. The number of hydrogen-bond acceptors (Lipinski definition) is 5. The molecule has 0 aliphatic heterocycles. The molecule has 2 aromatic heterocycles. The molecule has 2 heterocycles. The molecule has 0 saturated carbocycles. The third-order valence-corrected chi connectivity index (χ3v) is 5.43. The number of carbonyl (C=O) groups is 2. The topological polar surface area (TPSA) is 91.5 Å². The molecule has 29 heavy (non-hydrogen) atoms. The van der Waals surface area contributed by atoms with Gasteiger partial charge in [-0.15, -0.1) is 5.10 Å². The number of aromatic amines is 2. The van der Waals surface area contributed by atoms with Crippen LogP contribution < -0.4 is 0 Å². The van der Waals surface area contributed by atoms with Crippen LogP contribution in [0, 0.1) is 19.7 Å². The Morgan fingerprint density at radius 3 is 2.48 bits per heavy atom. The van der Waals surface area contributed by atoms with Gasteiger partial charge in [-0.25, -0.2) is 9.37 Å². The normalized spacial score (nSPS) is 12.4. The van der Waals surface area contributed by atoms with Crippen molar-refractivity contribution in [2.24, 2.45) is 0 Å². The number of hydrogen-bond donors (Lipinski definition) is 2.